The highest BCUT2D eigenvalue weighted by Crippen LogP contribution is 2.35. The molecule has 172 valence electrons. The van der Waals surface area contributed by atoms with Crippen LogP contribution in [0.15, 0.2) is 41.3 Å². The fraction of sp³-hybridized carbons (Fsp3) is 0.429. The third kappa shape index (κ3) is 4.50. The summed E-state index contributed by atoms with van der Waals surface area (Å²) in [6, 6.07) is 9.66. The van der Waals surface area contributed by atoms with Gasteiger partial charge in [0.25, 0.3) is 5.69 Å². The average molecular weight is 464 g/mol. The van der Waals surface area contributed by atoms with Crippen molar-refractivity contribution in [2.75, 3.05) is 51.0 Å². The third-order valence-electron chi connectivity index (χ3n) is 5.45. The summed E-state index contributed by atoms with van der Waals surface area (Å²) in [5.74, 6) is 1.32. The van der Waals surface area contributed by atoms with E-state index in [9.17, 15) is 18.5 Å². The Bertz CT molecular complexity index is 1100. The first-order valence-corrected chi connectivity index (χ1v) is 11.8. The Morgan fingerprint density at radius 3 is 2.44 bits per heavy atom. The molecule has 2 aromatic rings. The van der Waals surface area contributed by atoms with Crippen LogP contribution < -0.4 is 14.4 Å². The van der Waals surface area contributed by atoms with Crippen LogP contribution in [-0.4, -0.2) is 63.7 Å². The molecular formula is C21H25N3O7S. The number of nitro benzene ring substituents is 1. The van der Waals surface area contributed by atoms with Crippen molar-refractivity contribution in [1.82, 2.24) is 4.31 Å². The van der Waals surface area contributed by atoms with E-state index < -0.39 is 14.9 Å². The molecule has 0 aromatic heterocycles. The van der Waals surface area contributed by atoms with Crippen molar-refractivity contribution >= 4 is 21.4 Å². The molecule has 2 aliphatic heterocycles. The quantitative estimate of drug-likeness (QED) is 0.455. The number of benzene rings is 2. The van der Waals surface area contributed by atoms with Crippen molar-refractivity contribution in [3.63, 3.8) is 0 Å². The zero-order valence-corrected chi connectivity index (χ0v) is 18.5. The summed E-state index contributed by atoms with van der Waals surface area (Å²) in [5, 5.41) is 11.9. The first-order chi connectivity index (χ1) is 15.4. The van der Waals surface area contributed by atoms with E-state index in [2.05, 4.69) is 0 Å². The van der Waals surface area contributed by atoms with Gasteiger partial charge >= 0.3 is 0 Å². The Morgan fingerprint density at radius 1 is 1.03 bits per heavy atom. The van der Waals surface area contributed by atoms with Gasteiger partial charge in [0.2, 0.25) is 10.0 Å². The molecule has 0 amide bonds. The second kappa shape index (κ2) is 9.31. The highest BCUT2D eigenvalue weighted by atomic mass is 32.2. The average Bonchev–Trinajstić information content (AvgIpc) is 2.82. The smallest absolute Gasteiger partial charge is 0.293 e. The van der Waals surface area contributed by atoms with Gasteiger partial charge in [0.15, 0.2) is 11.5 Å². The van der Waals surface area contributed by atoms with E-state index >= 15 is 0 Å². The van der Waals surface area contributed by atoms with Crippen molar-refractivity contribution in [2.24, 2.45) is 0 Å². The first kappa shape index (κ1) is 22.3. The maximum atomic E-state index is 12.9. The maximum absolute atomic E-state index is 12.9. The molecule has 4 rings (SSSR count). The maximum Gasteiger partial charge on any atom is 0.293 e. The molecule has 0 radical (unpaired) electrons. The van der Waals surface area contributed by atoms with Gasteiger partial charge in [-0.1, -0.05) is 6.07 Å². The second-order valence-corrected chi connectivity index (χ2v) is 9.35. The van der Waals surface area contributed by atoms with Gasteiger partial charge in [0, 0.05) is 32.2 Å². The van der Waals surface area contributed by atoms with Gasteiger partial charge in [-0.2, -0.15) is 4.31 Å². The van der Waals surface area contributed by atoms with E-state index in [1.807, 2.05) is 30.0 Å². The summed E-state index contributed by atoms with van der Waals surface area (Å²) in [4.78, 5) is 13.0. The van der Waals surface area contributed by atoms with Crippen molar-refractivity contribution < 1.29 is 27.6 Å². The summed E-state index contributed by atoms with van der Waals surface area (Å²) in [6.45, 7) is 4.80. The predicted molar refractivity (Wildman–Crippen MR) is 117 cm³/mol. The van der Waals surface area contributed by atoms with Crippen LogP contribution in [0, 0.1) is 10.1 Å². The number of rotatable bonds is 7. The second-order valence-electron chi connectivity index (χ2n) is 7.42. The molecule has 0 saturated carbocycles. The molecule has 0 aliphatic carbocycles. The zero-order chi connectivity index (χ0) is 22.7. The van der Waals surface area contributed by atoms with Crippen LogP contribution in [0.5, 0.6) is 11.5 Å². The van der Waals surface area contributed by atoms with Gasteiger partial charge in [-0.05, 0) is 36.8 Å². The molecule has 32 heavy (non-hydrogen) atoms. The normalized spacial score (nSPS) is 16.5. The van der Waals surface area contributed by atoms with E-state index in [0.29, 0.717) is 56.7 Å². The highest BCUT2D eigenvalue weighted by Gasteiger charge is 2.30. The molecule has 0 unspecified atom stereocenters. The molecule has 10 nitrogen and oxygen atoms in total. The molecule has 2 heterocycles. The number of anilines is 1. The van der Waals surface area contributed by atoms with Gasteiger partial charge in [-0.15, -0.1) is 0 Å². The molecule has 0 bridgehead atoms. The first-order valence-electron chi connectivity index (χ1n) is 10.4. The van der Waals surface area contributed by atoms with Crippen molar-refractivity contribution in [2.45, 2.75) is 18.4 Å². The van der Waals surface area contributed by atoms with Crippen LogP contribution in [0.1, 0.15) is 12.5 Å². The number of nitrogens with zero attached hydrogens (tertiary/aromatic N) is 3. The topological polar surface area (TPSA) is 111 Å². The largest absolute Gasteiger partial charge is 0.486 e. The fourth-order valence-electron chi connectivity index (χ4n) is 3.79. The molecule has 2 aliphatic rings. The van der Waals surface area contributed by atoms with Crippen molar-refractivity contribution in [3.05, 3.63) is 52.1 Å². The van der Waals surface area contributed by atoms with Crippen LogP contribution in [0.25, 0.3) is 0 Å². The Morgan fingerprint density at radius 2 is 1.75 bits per heavy atom. The molecule has 2 aromatic carbocycles. The molecular weight excluding hydrogens is 438 g/mol. The molecule has 0 atom stereocenters. The summed E-state index contributed by atoms with van der Waals surface area (Å²) in [5.41, 5.74) is 1.00. The zero-order valence-electron chi connectivity index (χ0n) is 17.7. The number of morpholine rings is 1. The lowest BCUT2D eigenvalue weighted by Crippen LogP contribution is -2.40. The molecule has 0 spiro atoms. The Kier molecular flexibility index (Phi) is 6.49. The highest BCUT2D eigenvalue weighted by molar-refractivity contribution is 7.89. The monoisotopic (exact) mass is 463 g/mol. The fourth-order valence-corrected chi connectivity index (χ4v) is 5.22. The summed E-state index contributed by atoms with van der Waals surface area (Å²) in [7, 11) is -3.84. The predicted octanol–water partition coefficient (Wildman–Crippen LogP) is 2.41. The number of ether oxygens (including phenoxy) is 3. The number of hydrogen-bond acceptors (Lipinski definition) is 8. The van der Waals surface area contributed by atoms with Crippen molar-refractivity contribution in [3.8, 4) is 11.5 Å². The molecule has 0 N–H and O–H groups in total. The lowest BCUT2D eigenvalue weighted by molar-refractivity contribution is -0.384. The van der Waals surface area contributed by atoms with Gasteiger partial charge < -0.3 is 19.1 Å². The lowest BCUT2D eigenvalue weighted by Gasteiger charge is -2.27. The van der Waals surface area contributed by atoms with Gasteiger partial charge in [0.1, 0.15) is 18.9 Å². The number of hydrogen-bond donors (Lipinski definition) is 0. The van der Waals surface area contributed by atoms with Gasteiger partial charge in [0.05, 0.1) is 23.0 Å². The minimum atomic E-state index is -3.84. The number of nitro groups is 1. The van der Waals surface area contributed by atoms with Crippen molar-refractivity contribution in [1.29, 1.82) is 0 Å². The lowest BCUT2D eigenvalue weighted by atomic mass is 10.1. The summed E-state index contributed by atoms with van der Waals surface area (Å²) < 4.78 is 43.6. The molecule has 1 fully saturated rings. The summed E-state index contributed by atoms with van der Waals surface area (Å²) >= 11 is 0. The van der Waals surface area contributed by atoms with Gasteiger partial charge in [-0.3, -0.25) is 10.1 Å². The van der Waals surface area contributed by atoms with E-state index in [1.165, 1.54) is 16.4 Å². The van der Waals surface area contributed by atoms with Crippen LogP contribution in [0.2, 0.25) is 0 Å². The van der Waals surface area contributed by atoms with E-state index in [4.69, 9.17) is 14.2 Å². The van der Waals surface area contributed by atoms with Gasteiger partial charge in [-0.25, -0.2) is 8.42 Å². The third-order valence-corrected chi connectivity index (χ3v) is 7.35. The van der Waals surface area contributed by atoms with E-state index in [-0.39, 0.29) is 23.7 Å². The Hall–Kier alpha value is -2.89. The minimum absolute atomic E-state index is 0.0924. The number of sulfonamides is 1. The Balaban J connectivity index is 1.63. The van der Waals surface area contributed by atoms with Crippen LogP contribution in [-0.2, 0) is 21.3 Å². The minimum Gasteiger partial charge on any atom is -0.486 e. The SMILES string of the molecule is CCN(Cc1ccc2c(c1)OCCO2)c1ccc(S(=O)(=O)N2CCOCC2)cc1[N+](=O)[O-]. The van der Waals surface area contributed by atoms with Crippen LogP contribution in [0.3, 0.4) is 0 Å². The van der Waals surface area contributed by atoms with Crippen LogP contribution >= 0.6 is 0 Å². The van der Waals surface area contributed by atoms with Crippen LogP contribution in [0.4, 0.5) is 11.4 Å². The standard InChI is InChI=1S/C21H25N3O7S/c1-2-22(15-16-3-6-20-21(13-16)31-12-11-30-20)18-5-4-17(14-19(18)24(25)26)32(27,28)23-7-9-29-10-8-23/h3-6,13-14H,2,7-12,15H2,1H3. The van der Waals surface area contributed by atoms with E-state index in [1.54, 1.807) is 0 Å². The molecule has 1 saturated heterocycles. The Labute approximate surface area is 186 Å². The summed E-state index contributed by atoms with van der Waals surface area (Å²) in [6.07, 6.45) is 0. The molecule has 11 heteroatoms. The number of fused-ring (bicyclic) bond motifs is 1. The van der Waals surface area contributed by atoms with E-state index in [0.717, 1.165) is 11.6 Å².